The van der Waals surface area contributed by atoms with Crippen LogP contribution in [0.1, 0.15) is 24.1 Å². The normalized spacial score (nSPS) is 13.5. The van der Waals surface area contributed by atoms with E-state index in [1.54, 1.807) is 24.3 Å². The van der Waals surface area contributed by atoms with Crippen molar-refractivity contribution < 1.29 is 4.79 Å². The first-order valence-electron chi connectivity index (χ1n) is 7.27. The van der Waals surface area contributed by atoms with Gasteiger partial charge in [-0.3, -0.25) is 14.2 Å². The molecule has 0 saturated heterocycles. The van der Waals surface area contributed by atoms with Crippen molar-refractivity contribution in [2.75, 3.05) is 5.32 Å². The van der Waals surface area contributed by atoms with Crippen molar-refractivity contribution >= 4 is 23.2 Å². The van der Waals surface area contributed by atoms with Crippen molar-refractivity contribution in [1.29, 1.82) is 0 Å². The van der Waals surface area contributed by atoms with Gasteiger partial charge in [0.2, 0.25) is 5.91 Å². The second kappa shape index (κ2) is 6.32. The van der Waals surface area contributed by atoms with Crippen LogP contribution in [-0.2, 0) is 24.2 Å². The van der Waals surface area contributed by atoms with Gasteiger partial charge in [0.1, 0.15) is 6.54 Å². The van der Waals surface area contributed by atoms with E-state index in [-0.39, 0.29) is 18.0 Å². The molecule has 0 radical (unpaired) electrons. The van der Waals surface area contributed by atoms with Crippen LogP contribution in [0.5, 0.6) is 0 Å². The maximum absolute atomic E-state index is 12.4. The van der Waals surface area contributed by atoms with E-state index < -0.39 is 0 Å². The summed E-state index contributed by atoms with van der Waals surface area (Å²) in [6.07, 6.45) is 5.11. The van der Waals surface area contributed by atoms with E-state index >= 15 is 0 Å². The van der Waals surface area contributed by atoms with Gasteiger partial charge < -0.3 is 5.32 Å². The molecule has 2 aromatic rings. The highest BCUT2D eigenvalue weighted by Gasteiger charge is 2.16. The number of para-hydroxylation sites is 1. The Morgan fingerprint density at radius 1 is 1.27 bits per heavy atom. The Balaban J connectivity index is 1.77. The van der Waals surface area contributed by atoms with E-state index in [0.29, 0.717) is 10.7 Å². The number of carbonyl (C=O) groups is 1. The number of hydrogen-bond acceptors (Lipinski definition) is 3. The zero-order valence-electron chi connectivity index (χ0n) is 12.0. The third-order valence-corrected chi connectivity index (χ3v) is 4.10. The summed E-state index contributed by atoms with van der Waals surface area (Å²) in [7, 11) is 0. The molecular formula is C16H16ClN3O2. The minimum absolute atomic E-state index is 0.0651. The molecule has 0 bridgehead atoms. The molecule has 1 aromatic heterocycles. The Hall–Kier alpha value is -2.14. The number of carbonyl (C=O) groups excluding carboxylic acids is 1. The summed E-state index contributed by atoms with van der Waals surface area (Å²) in [5, 5.41) is 3.17. The minimum atomic E-state index is -0.298. The number of anilines is 1. The van der Waals surface area contributed by atoms with E-state index in [2.05, 4.69) is 10.3 Å². The molecule has 22 heavy (non-hydrogen) atoms. The van der Waals surface area contributed by atoms with Gasteiger partial charge in [0.25, 0.3) is 5.56 Å². The molecule has 0 fully saturated rings. The third kappa shape index (κ3) is 3.04. The van der Waals surface area contributed by atoms with E-state index in [4.69, 9.17) is 11.6 Å². The molecule has 1 heterocycles. The van der Waals surface area contributed by atoms with Crippen LogP contribution >= 0.6 is 11.6 Å². The fourth-order valence-corrected chi connectivity index (χ4v) is 2.83. The number of fused-ring (bicyclic) bond motifs is 1. The molecule has 1 N–H and O–H groups in total. The third-order valence-electron chi connectivity index (χ3n) is 3.77. The standard InChI is InChI=1S/C16H16ClN3O2/c17-12-6-2-4-8-14(12)19-15(21)9-20-10-18-13-7-3-1-5-11(13)16(20)22/h2,4,6,8,10H,1,3,5,7,9H2,(H,19,21). The Labute approximate surface area is 132 Å². The summed E-state index contributed by atoms with van der Waals surface area (Å²) < 4.78 is 1.36. The van der Waals surface area contributed by atoms with Gasteiger partial charge in [-0.05, 0) is 37.8 Å². The largest absolute Gasteiger partial charge is 0.323 e. The Morgan fingerprint density at radius 2 is 2.05 bits per heavy atom. The van der Waals surface area contributed by atoms with Crippen LogP contribution in [0.2, 0.25) is 5.02 Å². The zero-order chi connectivity index (χ0) is 15.5. The van der Waals surface area contributed by atoms with E-state index in [1.807, 2.05) is 0 Å². The van der Waals surface area contributed by atoms with Crippen molar-refractivity contribution in [2.45, 2.75) is 32.2 Å². The summed E-state index contributed by atoms with van der Waals surface area (Å²) in [6, 6.07) is 6.99. The summed E-state index contributed by atoms with van der Waals surface area (Å²) in [6.45, 7) is -0.0651. The van der Waals surface area contributed by atoms with Crippen LogP contribution in [-0.4, -0.2) is 15.5 Å². The molecular weight excluding hydrogens is 302 g/mol. The molecule has 6 heteroatoms. The molecule has 0 aliphatic heterocycles. The molecule has 114 valence electrons. The lowest BCUT2D eigenvalue weighted by Gasteiger charge is -2.15. The summed E-state index contributed by atoms with van der Waals surface area (Å²) in [5.41, 5.74) is 2.05. The van der Waals surface area contributed by atoms with Crippen molar-refractivity contribution in [3.63, 3.8) is 0 Å². The molecule has 1 aromatic carbocycles. The molecule has 1 aliphatic rings. The Kier molecular flexibility index (Phi) is 4.24. The highest BCUT2D eigenvalue weighted by molar-refractivity contribution is 6.33. The molecule has 0 saturated carbocycles. The quantitative estimate of drug-likeness (QED) is 0.945. The second-order valence-corrected chi connectivity index (χ2v) is 5.75. The van der Waals surface area contributed by atoms with Gasteiger partial charge in [-0.25, -0.2) is 4.98 Å². The average molecular weight is 318 g/mol. The number of aromatic nitrogens is 2. The Morgan fingerprint density at radius 3 is 2.86 bits per heavy atom. The molecule has 1 amide bonds. The predicted octanol–water partition coefficient (Wildman–Crippen LogP) is 2.41. The topological polar surface area (TPSA) is 64.0 Å². The van der Waals surface area contributed by atoms with Crippen LogP contribution in [0.15, 0.2) is 35.4 Å². The lowest BCUT2D eigenvalue weighted by molar-refractivity contribution is -0.116. The number of amides is 1. The maximum Gasteiger partial charge on any atom is 0.257 e. The van der Waals surface area contributed by atoms with E-state index in [9.17, 15) is 9.59 Å². The molecule has 0 unspecified atom stereocenters. The number of halogens is 1. The number of hydrogen-bond donors (Lipinski definition) is 1. The molecule has 0 atom stereocenters. The molecule has 0 spiro atoms. The first-order chi connectivity index (χ1) is 10.6. The highest BCUT2D eigenvalue weighted by atomic mass is 35.5. The van der Waals surface area contributed by atoms with Crippen LogP contribution in [0.4, 0.5) is 5.69 Å². The zero-order valence-corrected chi connectivity index (χ0v) is 12.8. The fraction of sp³-hybridized carbons (Fsp3) is 0.312. The molecule has 1 aliphatic carbocycles. The van der Waals surface area contributed by atoms with Gasteiger partial charge in [0.15, 0.2) is 0 Å². The Bertz CT molecular complexity index is 770. The summed E-state index contributed by atoms with van der Waals surface area (Å²) in [5.74, 6) is -0.298. The minimum Gasteiger partial charge on any atom is -0.323 e. The van der Waals surface area contributed by atoms with Crippen molar-refractivity contribution in [3.05, 3.63) is 57.2 Å². The second-order valence-electron chi connectivity index (χ2n) is 5.34. The average Bonchev–Trinajstić information content (AvgIpc) is 2.53. The van der Waals surface area contributed by atoms with Crippen LogP contribution in [0.3, 0.4) is 0 Å². The van der Waals surface area contributed by atoms with Crippen molar-refractivity contribution in [3.8, 4) is 0 Å². The van der Waals surface area contributed by atoms with Gasteiger partial charge in [-0.2, -0.15) is 0 Å². The van der Waals surface area contributed by atoms with Gasteiger partial charge in [0.05, 0.1) is 22.7 Å². The first-order valence-corrected chi connectivity index (χ1v) is 7.64. The first kappa shape index (κ1) is 14.8. The number of benzene rings is 1. The number of nitrogens with zero attached hydrogens (tertiary/aromatic N) is 2. The molecule has 3 rings (SSSR count). The van der Waals surface area contributed by atoms with Gasteiger partial charge >= 0.3 is 0 Å². The van der Waals surface area contributed by atoms with Gasteiger partial charge in [0, 0.05) is 5.56 Å². The fourth-order valence-electron chi connectivity index (χ4n) is 2.65. The van der Waals surface area contributed by atoms with Crippen LogP contribution in [0, 0.1) is 0 Å². The van der Waals surface area contributed by atoms with Crippen molar-refractivity contribution in [1.82, 2.24) is 9.55 Å². The summed E-state index contributed by atoms with van der Waals surface area (Å²) >= 11 is 6.00. The highest BCUT2D eigenvalue weighted by Crippen LogP contribution is 2.20. The van der Waals surface area contributed by atoms with Crippen LogP contribution < -0.4 is 10.9 Å². The molecule has 5 nitrogen and oxygen atoms in total. The van der Waals surface area contributed by atoms with Crippen LogP contribution in [0.25, 0.3) is 0 Å². The van der Waals surface area contributed by atoms with E-state index in [1.165, 1.54) is 10.9 Å². The van der Waals surface area contributed by atoms with Gasteiger partial charge in [-0.15, -0.1) is 0 Å². The predicted molar refractivity (Wildman–Crippen MR) is 85.2 cm³/mol. The SMILES string of the molecule is O=C(Cn1cnc2c(c1=O)CCCC2)Nc1ccccc1Cl. The number of aryl methyl sites for hydroxylation is 1. The lowest BCUT2D eigenvalue weighted by atomic mass is 9.97. The number of rotatable bonds is 3. The van der Waals surface area contributed by atoms with Crippen molar-refractivity contribution in [2.24, 2.45) is 0 Å². The smallest absolute Gasteiger partial charge is 0.257 e. The number of nitrogens with one attached hydrogen (secondary N) is 1. The van der Waals surface area contributed by atoms with E-state index in [0.717, 1.165) is 36.9 Å². The monoisotopic (exact) mass is 317 g/mol. The lowest BCUT2D eigenvalue weighted by Crippen LogP contribution is -2.32. The maximum atomic E-state index is 12.4. The van der Waals surface area contributed by atoms with Gasteiger partial charge in [-0.1, -0.05) is 23.7 Å². The summed E-state index contributed by atoms with van der Waals surface area (Å²) in [4.78, 5) is 28.8.